The monoisotopic (exact) mass is 336 g/mol. The van der Waals surface area contributed by atoms with Crippen LogP contribution < -0.4 is 0 Å². The van der Waals surface area contributed by atoms with Crippen molar-refractivity contribution >= 4 is 35.6 Å². The van der Waals surface area contributed by atoms with Gasteiger partial charge in [0.15, 0.2) is 11.6 Å². The Morgan fingerprint density at radius 3 is 1.25 bits per heavy atom. The molecule has 0 rings (SSSR count). The molecule has 6 nitrogen and oxygen atoms in total. The molecule has 0 spiro atoms. The fraction of sp³-hybridized carbons (Fsp3) is 0.667. The molecular weight excluding hydrogens is 308 g/mol. The van der Waals surface area contributed by atoms with Crippen LogP contribution in [0.15, 0.2) is 9.98 Å². The van der Waals surface area contributed by atoms with E-state index in [0.29, 0.717) is 0 Å². The maximum Gasteiger partial charge on any atom is 0.179 e. The number of nitrogens with zero attached hydrogens (tertiary/aromatic N) is 2. The van der Waals surface area contributed by atoms with Crippen LogP contribution in [0.25, 0.3) is 0 Å². The molecule has 0 N–H and O–H groups in total. The quantitative estimate of drug-likeness (QED) is 0.427. The Morgan fingerprint density at radius 1 is 0.708 bits per heavy atom. The number of hydrogen-bond acceptors (Lipinski definition) is 6. The Balaban J connectivity index is 4.39. The summed E-state index contributed by atoms with van der Waals surface area (Å²) < 4.78 is 0. The predicted octanol–water partition coefficient (Wildman–Crippen LogP) is 2.28. The third-order valence-corrected chi connectivity index (χ3v) is 3.49. The van der Waals surface area contributed by atoms with Gasteiger partial charge in [0, 0.05) is 23.7 Å². The van der Waals surface area contributed by atoms with Crippen LogP contribution >= 0.6 is 0 Å². The van der Waals surface area contributed by atoms with E-state index >= 15 is 0 Å². The van der Waals surface area contributed by atoms with Gasteiger partial charge in [-0.1, -0.05) is 27.7 Å². The van der Waals surface area contributed by atoms with Crippen molar-refractivity contribution < 1.29 is 19.2 Å². The molecule has 0 aromatic heterocycles. The first kappa shape index (κ1) is 22.0. The molecule has 0 unspecified atom stereocenters. The molecule has 0 aromatic carbocycles. The van der Waals surface area contributed by atoms with Crippen molar-refractivity contribution in [2.75, 3.05) is 13.1 Å². The summed E-state index contributed by atoms with van der Waals surface area (Å²) in [7, 11) is 0. The molecule has 0 heterocycles. The minimum Gasteiger partial charge on any atom is -0.300 e. The molecule has 0 aromatic rings. The Morgan fingerprint density at radius 2 is 1.00 bits per heavy atom. The zero-order valence-corrected chi connectivity index (χ0v) is 15.5. The lowest BCUT2D eigenvalue weighted by Crippen LogP contribution is -2.28. The predicted molar refractivity (Wildman–Crippen MR) is 94.9 cm³/mol. The lowest BCUT2D eigenvalue weighted by molar-refractivity contribution is -0.126. The van der Waals surface area contributed by atoms with Crippen LogP contribution in [0, 0.1) is 10.8 Å². The van der Waals surface area contributed by atoms with Crippen LogP contribution in [0.5, 0.6) is 0 Å². The molecule has 0 saturated heterocycles. The smallest absolute Gasteiger partial charge is 0.179 e. The molecule has 0 fully saturated rings. The average molecular weight is 336 g/mol. The first-order valence-corrected chi connectivity index (χ1v) is 7.96. The second-order valence-corrected chi connectivity index (χ2v) is 7.32. The zero-order valence-electron chi connectivity index (χ0n) is 15.5. The highest BCUT2D eigenvalue weighted by molar-refractivity contribution is 6.30. The second kappa shape index (κ2) is 9.35. The Bertz CT molecular complexity index is 507. The van der Waals surface area contributed by atoms with E-state index in [1.807, 2.05) is 0 Å². The highest BCUT2D eigenvalue weighted by Gasteiger charge is 2.28. The first-order valence-electron chi connectivity index (χ1n) is 7.96. The molecule has 0 bridgehead atoms. The Kier molecular flexibility index (Phi) is 8.58. The summed E-state index contributed by atoms with van der Waals surface area (Å²) in [5, 5.41) is 0. The number of hydrogen-bond donors (Lipinski definition) is 0. The fourth-order valence-electron chi connectivity index (χ4n) is 2.18. The van der Waals surface area contributed by atoms with E-state index < -0.39 is 10.8 Å². The maximum atomic E-state index is 11.9. The van der Waals surface area contributed by atoms with Gasteiger partial charge in [0.1, 0.15) is 11.6 Å². The van der Waals surface area contributed by atoms with Crippen LogP contribution in [0.2, 0.25) is 0 Å². The lowest BCUT2D eigenvalue weighted by Gasteiger charge is -2.18. The molecular formula is C18H28N2O4. The first-order chi connectivity index (χ1) is 10.9. The third kappa shape index (κ3) is 8.60. The molecule has 134 valence electrons. The second-order valence-electron chi connectivity index (χ2n) is 7.32. The van der Waals surface area contributed by atoms with Gasteiger partial charge in [-0.3, -0.25) is 29.2 Å². The number of carbonyl (C=O) groups is 4. The molecule has 0 saturated carbocycles. The summed E-state index contributed by atoms with van der Waals surface area (Å²) in [4.78, 5) is 54.1. The number of Topliss-reactive ketones (excluding diaryl/α,β-unsaturated/α-hetero) is 4. The largest absolute Gasteiger partial charge is 0.300 e. The average Bonchev–Trinajstić information content (AvgIpc) is 2.38. The van der Waals surface area contributed by atoms with E-state index in [4.69, 9.17) is 0 Å². The van der Waals surface area contributed by atoms with Crippen molar-refractivity contribution in [1.82, 2.24) is 0 Å². The highest BCUT2D eigenvalue weighted by Crippen LogP contribution is 2.21. The summed E-state index contributed by atoms with van der Waals surface area (Å²) in [5.41, 5.74) is -1.52. The van der Waals surface area contributed by atoms with Crippen LogP contribution in [-0.4, -0.2) is 48.7 Å². The molecule has 0 atom stereocenters. The van der Waals surface area contributed by atoms with Gasteiger partial charge in [0.2, 0.25) is 0 Å². The SMILES string of the molecule is CC(=O)CC(C)(C)C(=O)C=NCCN=CC(=O)C(C)(C)CC(C)=O. The minimum atomic E-state index is -0.759. The number of rotatable bonds is 11. The minimum absolute atomic E-state index is 0.0435. The van der Waals surface area contributed by atoms with E-state index in [9.17, 15) is 19.2 Å². The number of carbonyl (C=O) groups excluding carboxylic acids is 4. The molecule has 0 aliphatic heterocycles. The Labute approximate surface area is 143 Å². The van der Waals surface area contributed by atoms with Crippen molar-refractivity contribution in [3.63, 3.8) is 0 Å². The van der Waals surface area contributed by atoms with Crippen LogP contribution in [-0.2, 0) is 19.2 Å². The summed E-state index contributed by atoms with van der Waals surface area (Å²) in [6.07, 6.45) is 2.80. The van der Waals surface area contributed by atoms with Crippen molar-refractivity contribution in [3.05, 3.63) is 0 Å². The molecule has 0 radical (unpaired) electrons. The molecule has 24 heavy (non-hydrogen) atoms. The third-order valence-electron chi connectivity index (χ3n) is 3.49. The molecule has 0 aliphatic carbocycles. The van der Waals surface area contributed by atoms with Crippen molar-refractivity contribution in [3.8, 4) is 0 Å². The Hall–Kier alpha value is -1.98. The normalized spacial score (nSPS) is 12.8. The summed E-state index contributed by atoms with van der Waals surface area (Å²) >= 11 is 0. The highest BCUT2D eigenvalue weighted by atomic mass is 16.1. The van der Waals surface area contributed by atoms with E-state index in [0.717, 1.165) is 0 Å². The van der Waals surface area contributed by atoms with Crippen LogP contribution in [0.4, 0.5) is 0 Å². The van der Waals surface area contributed by atoms with Gasteiger partial charge >= 0.3 is 0 Å². The van der Waals surface area contributed by atoms with Crippen LogP contribution in [0.3, 0.4) is 0 Å². The van der Waals surface area contributed by atoms with E-state index in [1.54, 1.807) is 27.7 Å². The topological polar surface area (TPSA) is 93.0 Å². The number of aliphatic imine (C=N–C) groups is 2. The summed E-state index contributed by atoms with van der Waals surface area (Å²) in [6.45, 7) is 10.3. The van der Waals surface area contributed by atoms with Gasteiger partial charge in [-0.2, -0.15) is 0 Å². The van der Waals surface area contributed by atoms with Gasteiger partial charge in [-0.25, -0.2) is 0 Å². The van der Waals surface area contributed by atoms with Gasteiger partial charge in [0.05, 0.1) is 25.5 Å². The molecule has 6 heteroatoms. The summed E-state index contributed by atoms with van der Waals surface area (Å²) in [6, 6.07) is 0. The van der Waals surface area contributed by atoms with E-state index in [1.165, 1.54) is 26.3 Å². The van der Waals surface area contributed by atoms with Crippen molar-refractivity contribution in [1.29, 1.82) is 0 Å². The van der Waals surface area contributed by atoms with Gasteiger partial charge in [0.25, 0.3) is 0 Å². The van der Waals surface area contributed by atoms with E-state index in [-0.39, 0.29) is 49.1 Å². The standard InChI is InChI=1S/C18H28N2O4/c1-13(21)9-17(3,4)15(23)11-19-7-8-20-12-16(24)18(5,6)10-14(2)22/h11-12H,7-10H2,1-6H3. The number of ketones is 4. The zero-order chi connectivity index (χ0) is 19.0. The van der Waals surface area contributed by atoms with Crippen LogP contribution in [0.1, 0.15) is 54.4 Å². The van der Waals surface area contributed by atoms with Gasteiger partial charge in [-0.15, -0.1) is 0 Å². The van der Waals surface area contributed by atoms with E-state index in [2.05, 4.69) is 9.98 Å². The molecule has 0 aliphatic rings. The van der Waals surface area contributed by atoms with Gasteiger partial charge < -0.3 is 0 Å². The molecule has 0 amide bonds. The van der Waals surface area contributed by atoms with Gasteiger partial charge in [-0.05, 0) is 13.8 Å². The fourth-order valence-corrected chi connectivity index (χ4v) is 2.18. The van der Waals surface area contributed by atoms with Crippen molar-refractivity contribution in [2.24, 2.45) is 20.8 Å². The maximum absolute atomic E-state index is 11.9. The lowest BCUT2D eigenvalue weighted by atomic mass is 9.83. The summed E-state index contributed by atoms with van der Waals surface area (Å²) in [5.74, 6) is -0.503. The van der Waals surface area contributed by atoms with Crippen molar-refractivity contribution in [2.45, 2.75) is 54.4 Å².